The third-order valence-electron chi connectivity index (χ3n) is 5.91. The quantitative estimate of drug-likeness (QED) is 0.672. The highest BCUT2D eigenvalue weighted by atomic mass is 32.2. The maximum Gasteiger partial charge on any atom is 0.410 e. The minimum atomic E-state index is -3.45. The number of carbonyl (C=O) groups excluding carboxylic acids is 2. The Bertz CT molecular complexity index is 866. The Morgan fingerprint density at radius 3 is 2.45 bits per heavy atom. The highest BCUT2D eigenvalue weighted by molar-refractivity contribution is 7.89. The maximum atomic E-state index is 13.2. The van der Waals surface area contributed by atoms with Crippen molar-refractivity contribution in [2.24, 2.45) is 0 Å². The lowest BCUT2D eigenvalue weighted by Crippen LogP contribution is -2.47. The molecule has 1 unspecified atom stereocenters. The van der Waals surface area contributed by atoms with E-state index in [1.807, 2.05) is 30.3 Å². The molecule has 1 atom stereocenters. The summed E-state index contributed by atoms with van der Waals surface area (Å²) < 4.78 is 33.2. The van der Waals surface area contributed by atoms with E-state index in [1.165, 1.54) is 6.08 Å². The van der Waals surface area contributed by atoms with Gasteiger partial charge in [-0.1, -0.05) is 36.9 Å². The first-order chi connectivity index (χ1) is 14.9. The number of nitrogens with one attached hydrogen (secondary N) is 1. The molecule has 1 N–H and O–H groups in total. The maximum absolute atomic E-state index is 13.2. The van der Waals surface area contributed by atoms with Crippen LogP contribution < -0.4 is 5.32 Å². The zero-order valence-corrected chi connectivity index (χ0v) is 18.6. The molecule has 2 saturated heterocycles. The smallest absolute Gasteiger partial charge is 0.410 e. The average molecular weight is 450 g/mol. The van der Waals surface area contributed by atoms with Crippen molar-refractivity contribution in [2.75, 3.05) is 26.2 Å². The van der Waals surface area contributed by atoms with Crippen molar-refractivity contribution in [3.63, 3.8) is 0 Å². The highest BCUT2D eigenvalue weighted by Gasteiger charge is 2.37. The van der Waals surface area contributed by atoms with Gasteiger partial charge in [-0.05, 0) is 43.7 Å². The lowest BCUT2D eigenvalue weighted by atomic mass is 10.1. The lowest BCUT2D eigenvalue weighted by Gasteiger charge is -2.33. The van der Waals surface area contributed by atoms with Crippen LogP contribution in [-0.2, 0) is 26.2 Å². The van der Waals surface area contributed by atoms with E-state index in [0.717, 1.165) is 12.0 Å². The molecule has 1 aromatic rings. The van der Waals surface area contributed by atoms with Gasteiger partial charge in [-0.25, -0.2) is 17.5 Å². The SMILES string of the molecule is C=CC(=O)NC1CCCN(S(=O)(=O)C2CCN(C(=O)OCc3ccccc3)CC2)CC1. The summed E-state index contributed by atoms with van der Waals surface area (Å²) in [5.41, 5.74) is 0.914. The van der Waals surface area contributed by atoms with Crippen LogP contribution in [-0.4, -0.2) is 67.1 Å². The van der Waals surface area contributed by atoms with E-state index >= 15 is 0 Å². The molecule has 0 saturated carbocycles. The summed E-state index contributed by atoms with van der Waals surface area (Å²) in [6.45, 7) is 5.24. The summed E-state index contributed by atoms with van der Waals surface area (Å²) in [5.74, 6) is -0.229. The molecule has 8 nitrogen and oxygen atoms in total. The van der Waals surface area contributed by atoms with Gasteiger partial charge in [0, 0.05) is 32.2 Å². The second-order valence-corrected chi connectivity index (χ2v) is 10.2. The molecule has 31 heavy (non-hydrogen) atoms. The highest BCUT2D eigenvalue weighted by Crippen LogP contribution is 2.24. The van der Waals surface area contributed by atoms with Gasteiger partial charge in [0.25, 0.3) is 0 Å². The standard InChI is InChI=1S/C22H31N3O5S/c1-2-21(26)23-19-9-6-13-25(16-10-19)31(28,29)20-11-14-24(15-12-20)22(27)30-17-18-7-4-3-5-8-18/h2-5,7-8,19-20H,1,6,9-17H2,(H,23,26). The number of sulfonamides is 1. The molecule has 0 radical (unpaired) electrons. The fourth-order valence-corrected chi connectivity index (χ4v) is 6.06. The van der Waals surface area contributed by atoms with Crippen molar-refractivity contribution in [1.29, 1.82) is 0 Å². The molecule has 2 fully saturated rings. The van der Waals surface area contributed by atoms with Crippen LogP contribution in [0, 0.1) is 0 Å². The van der Waals surface area contributed by atoms with Crippen molar-refractivity contribution in [2.45, 2.75) is 50.0 Å². The van der Waals surface area contributed by atoms with Gasteiger partial charge in [-0.2, -0.15) is 0 Å². The van der Waals surface area contributed by atoms with Gasteiger partial charge in [0.1, 0.15) is 6.61 Å². The number of likely N-dealkylation sites (tertiary alicyclic amines) is 1. The van der Waals surface area contributed by atoms with Crippen molar-refractivity contribution in [3.05, 3.63) is 48.6 Å². The number of benzene rings is 1. The fraction of sp³-hybridized carbons (Fsp3) is 0.545. The predicted octanol–water partition coefficient (Wildman–Crippen LogP) is 2.27. The Labute approximate surface area is 184 Å². The number of hydrogen-bond acceptors (Lipinski definition) is 5. The second kappa shape index (κ2) is 10.8. The van der Waals surface area contributed by atoms with E-state index in [4.69, 9.17) is 4.74 Å². The summed E-state index contributed by atoms with van der Waals surface area (Å²) >= 11 is 0. The van der Waals surface area contributed by atoms with E-state index < -0.39 is 21.4 Å². The number of ether oxygens (including phenoxy) is 1. The summed E-state index contributed by atoms with van der Waals surface area (Å²) in [6, 6.07) is 9.42. The minimum absolute atomic E-state index is 0.0352. The monoisotopic (exact) mass is 449 g/mol. The Morgan fingerprint density at radius 1 is 1.06 bits per heavy atom. The molecule has 2 aliphatic rings. The van der Waals surface area contributed by atoms with Gasteiger partial charge in [0.2, 0.25) is 15.9 Å². The first kappa shape index (κ1) is 23.3. The van der Waals surface area contributed by atoms with Crippen LogP contribution in [0.2, 0.25) is 0 Å². The first-order valence-corrected chi connectivity index (χ1v) is 12.3. The minimum Gasteiger partial charge on any atom is -0.445 e. The Hall–Kier alpha value is -2.39. The normalized spacial score (nSPS) is 21.2. The molecule has 2 aliphatic heterocycles. The number of amides is 2. The van der Waals surface area contributed by atoms with Crippen LogP contribution in [0.3, 0.4) is 0 Å². The fourth-order valence-electron chi connectivity index (χ4n) is 4.09. The van der Waals surface area contributed by atoms with Crippen molar-refractivity contribution in [1.82, 2.24) is 14.5 Å². The summed E-state index contributed by atoms with van der Waals surface area (Å²) in [6.07, 6.45) is 3.66. The van der Waals surface area contributed by atoms with Crippen LogP contribution >= 0.6 is 0 Å². The van der Waals surface area contributed by atoms with E-state index in [2.05, 4.69) is 11.9 Å². The van der Waals surface area contributed by atoms with Gasteiger partial charge in [0.15, 0.2) is 0 Å². The van der Waals surface area contributed by atoms with Gasteiger partial charge < -0.3 is 15.0 Å². The van der Waals surface area contributed by atoms with Crippen LogP contribution in [0.1, 0.15) is 37.7 Å². The molecular formula is C22H31N3O5S. The zero-order valence-electron chi connectivity index (χ0n) is 17.7. The lowest BCUT2D eigenvalue weighted by molar-refractivity contribution is -0.117. The molecular weight excluding hydrogens is 418 g/mol. The molecule has 2 amide bonds. The van der Waals surface area contributed by atoms with E-state index in [1.54, 1.807) is 9.21 Å². The van der Waals surface area contributed by atoms with Gasteiger partial charge in [-0.15, -0.1) is 0 Å². The first-order valence-electron chi connectivity index (χ1n) is 10.8. The largest absolute Gasteiger partial charge is 0.445 e. The average Bonchev–Trinajstić information content (AvgIpc) is 3.04. The Morgan fingerprint density at radius 2 is 1.77 bits per heavy atom. The molecule has 1 aromatic carbocycles. The number of hydrogen-bond donors (Lipinski definition) is 1. The van der Waals surface area contributed by atoms with E-state index in [0.29, 0.717) is 51.9 Å². The predicted molar refractivity (Wildman–Crippen MR) is 118 cm³/mol. The van der Waals surface area contributed by atoms with Crippen LogP contribution in [0.25, 0.3) is 0 Å². The third kappa shape index (κ3) is 6.30. The number of piperidine rings is 1. The van der Waals surface area contributed by atoms with Crippen molar-refractivity contribution >= 4 is 22.0 Å². The van der Waals surface area contributed by atoms with Gasteiger partial charge in [0.05, 0.1) is 5.25 Å². The molecule has 0 bridgehead atoms. The van der Waals surface area contributed by atoms with Crippen molar-refractivity contribution in [3.8, 4) is 0 Å². The van der Waals surface area contributed by atoms with Crippen LogP contribution in [0.5, 0.6) is 0 Å². The molecule has 9 heteroatoms. The molecule has 0 spiro atoms. The number of carbonyl (C=O) groups is 2. The summed E-state index contributed by atoms with van der Waals surface area (Å²) in [4.78, 5) is 25.4. The Kier molecular flexibility index (Phi) is 8.09. The van der Waals surface area contributed by atoms with Gasteiger partial charge in [-0.3, -0.25) is 4.79 Å². The molecule has 0 aliphatic carbocycles. The number of rotatable bonds is 6. The molecule has 170 valence electrons. The number of nitrogens with zero attached hydrogens (tertiary/aromatic N) is 2. The molecule has 0 aromatic heterocycles. The van der Waals surface area contributed by atoms with Gasteiger partial charge >= 0.3 is 6.09 Å². The molecule has 2 heterocycles. The van der Waals surface area contributed by atoms with Crippen LogP contribution in [0.4, 0.5) is 4.79 Å². The van der Waals surface area contributed by atoms with E-state index in [9.17, 15) is 18.0 Å². The van der Waals surface area contributed by atoms with E-state index in [-0.39, 0.29) is 18.6 Å². The Balaban J connectivity index is 1.48. The zero-order chi connectivity index (χ0) is 22.3. The third-order valence-corrected chi connectivity index (χ3v) is 8.30. The van der Waals surface area contributed by atoms with Crippen LogP contribution in [0.15, 0.2) is 43.0 Å². The molecule has 3 rings (SSSR count). The summed E-state index contributed by atoms with van der Waals surface area (Å²) in [7, 11) is -3.45. The topological polar surface area (TPSA) is 96.0 Å². The second-order valence-electron chi connectivity index (χ2n) is 8.01. The summed E-state index contributed by atoms with van der Waals surface area (Å²) in [5, 5.41) is 2.37. The van der Waals surface area contributed by atoms with Crippen molar-refractivity contribution < 1.29 is 22.7 Å².